The van der Waals surface area contributed by atoms with Crippen LogP contribution in [0.15, 0.2) is 30.5 Å². The number of carboxylic acids is 2. The number of aliphatic carboxylic acids is 2. The van der Waals surface area contributed by atoms with Crippen molar-refractivity contribution in [2.75, 3.05) is 7.05 Å². The second-order valence-electron chi connectivity index (χ2n) is 3.49. The summed E-state index contributed by atoms with van der Waals surface area (Å²) < 4.78 is 0. The molecule has 0 fully saturated rings. The van der Waals surface area contributed by atoms with Gasteiger partial charge in [0.05, 0.1) is 22.9 Å². The number of nitrogens with one attached hydrogen (secondary N) is 1. The Morgan fingerprint density at radius 3 is 2.26 bits per heavy atom. The van der Waals surface area contributed by atoms with E-state index in [9.17, 15) is 0 Å². The van der Waals surface area contributed by atoms with Crippen molar-refractivity contribution in [3.8, 4) is 0 Å². The summed E-state index contributed by atoms with van der Waals surface area (Å²) in [5.41, 5.74) is 2.87. The molecule has 3 N–H and O–H groups in total. The summed E-state index contributed by atoms with van der Waals surface area (Å²) in [5, 5.41) is 17.8. The molecule has 1 aromatic carbocycles. The largest absolute Gasteiger partial charge is 0.473 e. The molecule has 7 nitrogen and oxygen atoms in total. The Morgan fingerprint density at radius 1 is 1.16 bits per heavy atom. The minimum atomic E-state index is -1.82. The molecule has 0 aliphatic heterocycles. The van der Waals surface area contributed by atoms with Gasteiger partial charge in [-0.15, -0.1) is 0 Å². The minimum Gasteiger partial charge on any atom is -0.473 e. The number of hydrogen-bond acceptors (Lipinski definition) is 5. The quantitative estimate of drug-likeness (QED) is 0.676. The highest BCUT2D eigenvalue weighted by molar-refractivity contribution is 6.27. The standard InChI is InChI=1S/C10H11N3.C2H2O4/c1-11-6-8-7-12-9-4-2-3-5-10(9)13-8;3-1(4)2(5)6/h2-5,7,11H,6H2,1H3;(H,3,4)(H,5,6). The van der Waals surface area contributed by atoms with Crippen molar-refractivity contribution < 1.29 is 19.8 Å². The van der Waals surface area contributed by atoms with Gasteiger partial charge in [-0.3, -0.25) is 4.98 Å². The van der Waals surface area contributed by atoms with E-state index < -0.39 is 11.9 Å². The van der Waals surface area contributed by atoms with Crippen molar-refractivity contribution in [2.45, 2.75) is 6.54 Å². The van der Waals surface area contributed by atoms with Gasteiger partial charge in [0.15, 0.2) is 0 Å². The van der Waals surface area contributed by atoms with Gasteiger partial charge in [-0.1, -0.05) is 12.1 Å². The highest BCUT2D eigenvalue weighted by atomic mass is 16.4. The second-order valence-corrected chi connectivity index (χ2v) is 3.49. The number of aromatic nitrogens is 2. The lowest BCUT2D eigenvalue weighted by molar-refractivity contribution is -0.159. The second kappa shape index (κ2) is 7.02. The topological polar surface area (TPSA) is 112 Å². The number of carbonyl (C=O) groups is 2. The molecule has 1 aromatic heterocycles. The number of nitrogens with zero attached hydrogens (tertiary/aromatic N) is 2. The zero-order valence-electron chi connectivity index (χ0n) is 10.2. The SMILES string of the molecule is CNCc1cnc2ccccc2n1.O=C(O)C(=O)O. The van der Waals surface area contributed by atoms with Crippen LogP contribution in [0, 0.1) is 0 Å². The summed E-state index contributed by atoms with van der Waals surface area (Å²) >= 11 is 0. The molecule has 1 heterocycles. The molecule has 100 valence electrons. The van der Waals surface area contributed by atoms with Crippen molar-refractivity contribution in [1.82, 2.24) is 15.3 Å². The fourth-order valence-corrected chi connectivity index (χ4v) is 1.26. The van der Waals surface area contributed by atoms with Gasteiger partial charge < -0.3 is 15.5 Å². The summed E-state index contributed by atoms with van der Waals surface area (Å²) in [6, 6.07) is 7.88. The number of para-hydroxylation sites is 2. The smallest absolute Gasteiger partial charge is 0.414 e. The first-order chi connectivity index (χ1) is 9.04. The predicted molar refractivity (Wildman–Crippen MR) is 67.6 cm³/mol. The summed E-state index contributed by atoms with van der Waals surface area (Å²) in [5.74, 6) is -3.65. The Bertz CT molecular complexity index is 574. The van der Waals surface area contributed by atoms with Crippen molar-refractivity contribution in [3.05, 3.63) is 36.2 Å². The molecule has 0 saturated heterocycles. The minimum absolute atomic E-state index is 0.762. The Hall–Kier alpha value is -2.54. The van der Waals surface area contributed by atoms with E-state index in [1.54, 1.807) is 6.20 Å². The van der Waals surface area contributed by atoms with Crippen LogP contribution in [0.25, 0.3) is 11.0 Å². The highest BCUT2D eigenvalue weighted by Gasteiger charge is 2.04. The fourth-order valence-electron chi connectivity index (χ4n) is 1.26. The van der Waals surface area contributed by atoms with Gasteiger partial charge >= 0.3 is 11.9 Å². The van der Waals surface area contributed by atoms with Gasteiger partial charge in [0.2, 0.25) is 0 Å². The summed E-state index contributed by atoms with van der Waals surface area (Å²) in [4.78, 5) is 26.9. The van der Waals surface area contributed by atoms with Crippen molar-refractivity contribution in [3.63, 3.8) is 0 Å². The van der Waals surface area contributed by atoms with E-state index in [0.29, 0.717) is 0 Å². The molecule has 0 aliphatic rings. The maximum absolute atomic E-state index is 9.10. The Kier molecular flexibility index (Phi) is 5.36. The Balaban J connectivity index is 0.000000258. The van der Waals surface area contributed by atoms with Gasteiger partial charge in [-0.05, 0) is 19.2 Å². The molecule has 0 aliphatic carbocycles. The third-order valence-electron chi connectivity index (χ3n) is 2.04. The number of carboxylic acid groups (broad SMARTS) is 2. The monoisotopic (exact) mass is 263 g/mol. The molecule has 2 aromatic rings. The molecule has 0 saturated carbocycles. The molecule has 0 amide bonds. The average molecular weight is 263 g/mol. The van der Waals surface area contributed by atoms with Crippen LogP contribution in [-0.2, 0) is 16.1 Å². The van der Waals surface area contributed by atoms with E-state index in [1.165, 1.54) is 0 Å². The number of hydrogen-bond donors (Lipinski definition) is 3. The normalized spacial score (nSPS) is 9.53. The molecule has 19 heavy (non-hydrogen) atoms. The van der Waals surface area contributed by atoms with E-state index in [4.69, 9.17) is 19.8 Å². The van der Waals surface area contributed by atoms with Crippen LogP contribution in [-0.4, -0.2) is 39.2 Å². The first kappa shape index (κ1) is 14.5. The van der Waals surface area contributed by atoms with Gasteiger partial charge in [0.1, 0.15) is 0 Å². The van der Waals surface area contributed by atoms with Gasteiger partial charge in [-0.2, -0.15) is 0 Å². The average Bonchev–Trinajstić information content (AvgIpc) is 2.39. The molecule has 0 radical (unpaired) electrons. The van der Waals surface area contributed by atoms with Crippen LogP contribution in [0.3, 0.4) is 0 Å². The highest BCUT2D eigenvalue weighted by Crippen LogP contribution is 2.07. The van der Waals surface area contributed by atoms with Crippen LogP contribution in [0.1, 0.15) is 5.69 Å². The number of rotatable bonds is 2. The molecule has 0 bridgehead atoms. The number of benzene rings is 1. The lowest BCUT2D eigenvalue weighted by Crippen LogP contribution is -2.09. The molecule has 0 unspecified atom stereocenters. The van der Waals surface area contributed by atoms with E-state index in [2.05, 4.69) is 15.3 Å². The summed E-state index contributed by atoms with van der Waals surface area (Å²) in [6.45, 7) is 0.762. The maximum Gasteiger partial charge on any atom is 0.414 e. The summed E-state index contributed by atoms with van der Waals surface area (Å²) in [7, 11) is 1.90. The molecular weight excluding hydrogens is 250 g/mol. The van der Waals surface area contributed by atoms with E-state index in [0.717, 1.165) is 23.3 Å². The van der Waals surface area contributed by atoms with Crippen LogP contribution in [0.5, 0.6) is 0 Å². The predicted octanol–water partition coefficient (Wildman–Crippen LogP) is 0.505. The van der Waals surface area contributed by atoms with E-state index >= 15 is 0 Å². The van der Waals surface area contributed by atoms with Gasteiger partial charge in [0, 0.05) is 6.54 Å². The van der Waals surface area contributed by atoms with E-state index in [1.807, 2.05) is 31.3 Å². The third-order valence-corrected chi connectivity index (χ3v) is 2.04. The lowest BCUT2D eigenvalue weighted by atomic mass is 10.3. The molecule has 2 rings (SSSR count). The first-order valence-electron chi connectivity index (χ1n) is 5.36. The van der Waals surface area contributed by atoms with Crippen LogP contribution >= 0.6 is 0 Å². The first-order valence-corrected chi connectivity index (χ1v) is 5.36. The Morgan fingerprint density at radius 2 is 1.74 bits per heavy atom. The molecule has 0 spiro atoms. The fraction of sp³-hybridized carbons (Fsp3) is 0.167. The van der Waals surface area contributed by atoms with Crippen molar-refractivity contribution in [2.24, 2.45) is 0 Å². The lowest BCUT2D eigenvalue weighted by Gasteiger charge is -2.00. The molecular formula is C12H13N3O4. The Labute approximate surface area is 108 Å². The molecule has 0 atom stereocenters. The van der Waals surface area contributed by atoms with Crippen LogP contribution in [0.2, 0.25) is 0 Å². The zero-order chi connectivity index (χ0) is 14.3. The van der Waals surface area contributed by atoms with E-state index in [-0.39, 0.29) is 0 Å². The number of fused-ring (bicyclic) bond motifs is 1. The van der Waals surface area contributed by atoms with Crippen LogP contribution in [0.4, 0.5) is 0 Å². The van der Waals surface area contributed by atoms with Crippen molar-refractivity contribution in [1.29, 1.82) is 0 Å². The summed E-state index contributed by atoms with van der Waals surface area (Å²) in [6.07, 6.45) is 1.80. The third kappa shape index (κ3) is 4.68. The van der Waals surface area contributed by atoms with Gasteiger partial charge in [0.25, 0.3) is 0 Å². The molecule has 7 heteroatoms. The van der Waals surface area contributed by atoms with Crippen LogP contribution < -0.4 is 5.32 Å². The van der Waals surface area contributed by atoms with Crippen molar-refractivity contribution >= 4 is 23.0 Å². The zero-order valence-corrected chi connectivity index (χ0v) is 10.2. The van der Waals surface area contributed by atoms with Gasteiger partial charge in [-0.25, -0.2) is 14.6 Å². The maximum atomic E-state index is 9.10.